The second-order valence-electron chi connectivity index (χ2n) is 5.09. The lowest BCUT2D eigenvalue weighted by Crippen LogP contribution is -2.25. The fourth-order valence-corrected chi connectivity index (χ4v) is 3.28. The molecule has 3 rings (SSSR count). The van der Waals surface area contributed by atoms with Gasteiger partial charge >= 0.3 is 0 Å². The van der Waals surface area contributed by atoms with E-state index in [9.17, 15) is 4.79 Å². The molecule has 1 aromatic carbocycles. The third kappa shape index (κ3) is 3.57. The number of hydrogen-bond acceptors (Lipinski definition) is 4. The Labute approximate surface area is 135 Å². The van der Waals surface area contributed by atoms with Crippen LogP contribution >= 0.6 is 27.3 Å². The van der Waals surface area contributed by atoms with E-state index in [4.69, 9.17) is 5.73 Å². The highest BCUT2D eigenvalue weighted by atomic mass is 79.9. The molecule has 1 aliphatic carbocycles. The Morgan fingerprint density at radius 2 is 2.14 bits per heavy atom. The van der Waals surface area contributed by atoms with Crippen molar-refractivity contribution in [1.29, 1.82) is 0 Å². The lowest BCUT2D eigenvalue weighted by Gasteiger charge is -2.05. The molecule has 2 aromatic rings. The molecule has 110 valence electrons. The second kappa shape index (κ2) is 6.07. The molecule has 1 heterocycles. The van der Waals surface area contributed by atoms with Crippen LogP contribution in [0.1, 0.15) is 28.1 Å². The van der Waals surface area contributed by atoms with Gasteiger partial charge in [0.25, 0.3) is 5.91 Å². The summed E-state index contributed by atoms with van der Waals surface area (Å²) in [5, 5.41) is 7.19. The summed E-state index contributed by atoms with van der Waals surface area (Å²) in [5.41, 5.74) is 7.63. The highest BCUT2D eigenvalue weighted by Crippen LogP contribution is 2.31. The van der Waals surface area contributed by atoms with E-state index < -0.39 is 0 Å². The van der Waals surface area contributed by atoms with Crippen LogP contribution in [0.3, 0.4) is 0 Å². The maximum atomic E-state index is 12.0. The number of nitrogen functional groups attached to an aromatic ring is 1. The molecule has 0 saturated heterocycles. The molecule has 0 bridgehead atoms. The van der Waals surface area contributed by atoms with Gasteiger partial charge in [-0.25, -0.2) is 0 Å². The van der Waals surface area contributed by atoms with E-state index in [-0.39, 0.29) is 5.91 Å². The summed E-state index contributed by atoms with van der Waals surface area (Å²) < 4.78 is 1.06. The van der Waals surface area contributed by atoms with Crippen LogP contribution in [-0.4, -0.2) is 11.9 Å². The van der Waals surface area contributed by atoms with Crippen LogP contribution < -0.4 is 16.4 Å². The number of benzene rings is 1. The zero-order valence-electron chi connectivity index (χ0n) is 11.4. The average molecular weight is 366 g/mol. The number of halogens is 1. The summed E-state index contributed by atoms with van der Waals surface area (Å²) in [6.07, 6.45) is 2.15. The maximum Gasteiger partial charge on any atom is 0.263 e. The van der Waals surface area contributed by atoms with Crippen molar-refractivity contribution >= 4 is 43.9 Å². The first-order chi connectivity index (χ1) is 10.1. The van der Waals surface area contributed by atoms with Crippen molar-refractivity contribution in [3.05, 3.63) is 45.2 Å². The lowest BCUT2D eigenvalue weighted by molar-refractivity contribution is 0.0956. The zero-order chi connectivity index (χ0) is 14.8. The SMILES string of the molecule is Nc1cc(NCc2ccccc2Br)sc1C(=O)NC1CC1. The number of nitrogens with two attached hydrogens (primary N) is 1. The number of carbonyl (C=O) groups is 1. The van der Waals surface area contributed by atoms with Crippen molar-refractivity contribution in [3.8, 4) is 0 Å². The van der Waals surface area contributed by atoms with Crippen LogP contribution in [0.5, 0.6) is 0 Å². The first-order valence-corrected chi connectivity index (χ1v) is 8.42. The van der Waals surface area contributed by atoms with E-state index in [1.165, 1.54) is 11.3 Å². The molecule has 0 aliphatic heterocycles. The van der Waals surface area contributed by atoms with Gasteiger partial charge in [-0.05, 0) is 30.5 Å². The Kier molecular flexibility index (Phi) is 4.17. The number of thiophene rings is 1. The zero-order valence-corrected chi connectivity index (χ0v) is 13.8. The van der Waals surface area contributed by atoms with Gasteiger partial charge in [-0.1, -0.05) is 34.1 Å². The number of carbonyl (C=O) groups excluding carboxylic acids is 1. The highest BCUT2D eigenvalue weighted by Gasteiger charge is 2.25. The van der Waals surface area contributed by atoms with Crippen LogP contribution in [0.2, 0.25) is 0 Å². The molecule has 1 aromatic heterocycles. The minimum atomic E-state index is -0.0612. The van der Waals surface area contributed by atoms with Gasteiger partial charge in [-0.15, -0.1) is 11.3 Å². The van der Waals surface area contributed by atoms with Gasteiger partial charge in [0.1, 0.15) is 4.88 Å². The Morgan fingerprint density at radius 3 is 2.86 bits per heavy atom. The molecule has 1 fully saturated rings. The average Bonchev–Trinajstić information content (AvgIpc) is 3.19. The molecular weight excluding hydrogens is 350 g/mol. The monoisotopic (exact) mass is 365 g/mol. The highest BCUT2D eigenvalue weighted by molar-refractivity contribution is 9.10. The Morgan fingerprint density at radius 1 is 1.38 bits per heavy atom. The summed E-state index contributed by atoms with van der Waals surface area (Å²) in [4.78, 5) is 12.6. The first-order valence-electron chi connectivity index (χ1n) is 6.81. The fraction of sp³-hybridized carbons (Fsp3) is 0.267. The van der Waals surface area contributed by atoms with E-state index >= 15 is 0 Å². The number of amides is 1. The van der Waals surface area contributed by atoms with Crippen LogP contribution in [0.15, 0.2) is 34.8 Å². The van der Waals surface area contributed by atoms with E-state index in [2.05, 4.69) is 32.6 Å². The third-order valence-corrected chi connectivity index (χ3v) is 5.17. The smallest absolute Gasteiger partial charge is 0.263 e. The summed E-state index contributed by atoms with van der Waals surface area (Å²) in [5.74, 6) is -0.0612. The molecule has 0 unspecified atom stereocenters. The second-order valence-corrected chi connectivity index (χ2v) is 6.99. The number of hydrogen-bond donors (Lipinski definition) is 3. The number of rotatable bonds is 5. The predicted molar refractivity (Wildman–Crippen MR) is 90.7 cm³/mol. The molecule has 1 amide bonds. The molecule has 6 heteroatoms. The summed E-state index contributed by atoms with van der Waals surface area (Å²) in [7, 11) is 0. The van der Waals surface area contributed by atoms with Crippen molar-refractivity contribution < 1.29 is 4.79 Å². The van der Waals surface area contributed by atoms with Gasteiger partial charge in [-0.2, -0.15) is 0 Å². The van der Waals surface area contributed by atoms with Gasteiger partial charge in [0.05, 0.1) is 10.7 Å². The largest absolute Gasteiger partial charge is 0.397 e. The standard InChI is InChI=1S/C15H16BrN3OS/c16-11-4-2-1-3-9(11)8-18-13-7-12(17)14(21-13)15(20)19-10-5-6-10/h1-4,7,10,18H,5-6,8,17H2,(H,19,20). The quantitative estimate of drug-likeness (QED) is 0.758. The van der Waals surface area contributed by atoms with E-state index in [0.29, 0.717) is 23.2 Å². The molecule has 0 atom stereocenters. The summed E-state index contributed by atoms with van der Waals surface area (Å²) >= 11 is 4.92. The Balaban J connectivity index is 1.66. The fourth-order valence-electron chi connectivity index (χ4n) is 1.97. The van der Waals surface area contributed by atoms with Crippen LogP contribution in [0.4, 0.5) is 10.7 Å². The van der Waals surface area contributed by atoms with Gasteiger partial charge in [0.2, 0.25) is 0 Å². The summed E-state index contributed by atoms with van der Waals surface area (Å²) in [6, 6.07) is 10.2. The first kappa shape index (κ1) is 14.4. The van der Waals surface area contributed by atoms with Crippen molar-refractivity contribution in [2.45, 2.75) is 25.4 Å². The van der Waals surface area contributed by atoms with Crippen molar-refractivity contribution in [3.63, 3.8) is 0 Å². The molecule has 1 aliphatic rings. The molecular formula is C15H16BrN3OS. The summed E-state index contributed by atoms with van der Waals surface area (Å²) in [6.45, 7) is 0.686. The van der Waals surface area contributed by atoms with Crippen LogP contribution in [0.25, 0.3) is 0 Å². The molecule has 21 heavy (non-hydrogen) atoms. The number of anilines is 2. The van der Waals surface area contributed by atoms with Gasteiger partial charge < -0.3 is 16.4 Å². The Bertz CT molecular complexity index is 667. The van der Waals surface area contributed by atoms with Gasteiger partial charge in [-0.3, -0.25) is 4.79 Å². The minimum absolute atomic E-state index is 0.0612. The van der Waals surface area contributed by atoms with E-state index in [0.717, 1.165) is 27.9 Å². The van der Waals surface area contributed by atoms with Crippen molar-refractivity contribution in [2.75, 3.05) is 11.1 Å². The van der Waals surface area contributed by atoms with Crippen molar-refractivity contribution in [2.24, 2.45) is 0 Å². The Hall–Kier alpha value is -1.53. The molecule has 0 spiro atoms. The van der Waals surface area contributed by atoms with E-state index in [1.54, 1.807) is 0 Å². The van der Waals surface area contributed by atoms with Gasteiger partial charge in [0.15, 0.2) is 0 Å². The maximum absolute atomic E-state index is 12.0. The number of nitrogens with one attached hydrogen (secondary N) is 2. The normalized spacial score (nSPS) is 14.0. The molecule has 4 N–H and O–H groups in total. The minimum Gasteiger partial charge on any atom is -0.397 e. The predicted octanol–water partition coefficient (Wildman–Crippen LogP) is 3.60. The van der Waals surface area contributed by atoms with Crippen LogP contribution in [0, 0.1) is 0 Å². The van der Waals surface area contributed by atoms with Gasteiger partial charge in [0, 0.05) is 17.1 Å². The topological polar surface area (TPSA) is 67.1 Å². The molecule has 0 radical (unpaired) electrons. The molecule has 4 nitrogen and oxygen atoms in total. The van der Waals surface area contributed by atoms with E-state index in [1.807, 2.05) is 24.3 Å². The van der Waals surface area contributed by atoms with Crippen molar-refractivity contribution in [1.82, 2.24) is 5.32 Å². The molecule has 1 saturated carbocycles. The lowest BCUT2D eigenvalue weighted by atomic mass is 10.2. The third-order valence-electron chi connectivity index (χ3n) is 3.29. The van der Waals surface area contributed by atoms with Crippen LogP contribution in [-0.2, 0) is 6.54 Å².